The number of nitrogens with zero attached hydrogens (tertiary/aromatic N) is 4. The van der Waals surface area contributed by atoms with E-state index in [1.54, 1.807) is 6.07 Å². The van der Waals surface area contributed by atoms with Gasteiger partial charge >= 0.3 is 0 Å². The maximum Gasteiger partial charge on any atom is 0.271 e. The SMILES string of the molecule is CCNc1nn(-c2cccc([N+](=O)[O-])c2)c(N)c1C#N. The molecule has 0 saturated heterocycles. The topological polar surface area (TPSA) is 123 Å². The molecule has 0 aliphatic carbocycles. The molecule has 0 saturated carbocycles. The molecule has 0 unspecified atom stereocenters. The molecular weight excluding hydrogens is 260 g/mol. The summed E-state index contributed by atoms with van der Waals surface area (Å²) in [7, 11) is 0. The minimum absolute atomic E-state index is 0.0686. The third kappa shape index (κ3) is 2.24. The summed E-state index contributed by atoms with van der Waals surface area (Å²) < 4.78 is 1.31. The van der Waals surface area contributed by atoms with Gasteiger partial charge in [-0.25, -0.2) is 4.68 Å². The molecule has 3 N–H and O–H groups in total. The Labute approximate surface area is 114 Å². The normalized spacial score (nSPS) is 10.0. The molecule has 0 spiro atoms. The van der Waals surface area contributed by atoms with Crippen LogP contribution in [0.3, 0.4) is 0 Å². The first-order chi connectivity index (χ1) is 9.58. The van der Waals surface area contributed by atoms with Gasteiger partial charge in [-0.1, -0.05) is 6.07 Å². The molecule has 1 aromatic heterocycles. The summed E-state index contributed by atoms with van der Waals surface area (Å²) in [6, 6.07) is 7.86. The summed E-state index contributed by atoms with van der Waals surface area (Å²) in [5.41, 5.74) is 6.45. The number of nitro benzene ring substituents is 1. The lowest BCUT2D eigenvalue weighted by Gasteiger charge is -2.03. The molecule has 102 valence electrons. The zero-order valence-electron chi connectivity index (χ0n) is 10.7. The van der Waals surface area contributed by atoms with Gasteiger partial charge in [-0.3, -0.25) is 10.1 Å². The zero-order valence-corrected chi connectivity index (χ0v) is 10.7. The summed E-state index contributed by atoms with van der Waals surface area (Å²) >= 11 is 0. The van der Waals surface area contributed by atoms with E-state index in [-0.39, 0.29) is 17.1 Å². The summed E-state index contributed by atoms with van der Waals surface area (Å²) in [5, 5.41) is 27.0. The number of nitriles is 1. The van der Waals surface area contributed by atoms with Crippen molar-refractivity contribution in [1.82, 2.24) is 9.78 Å². The van der Waals surface area contributed by atoms with E-state index in [0.29, 0.717) is 18.1 Å². The van der Waals surface area contributed by atoms with E-state index in [9.17, 15) is 10.1 Å². The average molecular weight is 272 g/mol. The van der Waals surface area contributed by atoms with E-state index < -0.39 is 4.92 Å². The lowest BCUT2D eigenvalue weighted by atomic mass is 10.2. The van der Waals surface area contributed by atoms with Crippen LogP contribution in [0.1, 0.15) is 12.5 Å². The van der Waals surface area contributed by atoms with Crippen LogP contribution in [0.15, 0.2) is 24.3 Å². The lowest BCUT2D eigenvalue weighted by Crippen LogP contribution is -2.03. The quantitative estimate of drug-likeness (QED) is 0.644. The van der Waals surface area contributed by atoms with E-state index >= 15 is 0 Å². The lowest BCUT2D eigenvalue weighted by molar-refractivity contribution is -0.384. The van der Waals surface area contributed by atoms with Crippen LogP contribution in [0.4, 0.5) is 17.3 Å². The minimum atomic E-state index is -0.500. The van der Waals surface area contributed by atoms with Gasteiger partial charge in [-0.2, -0.15) is 5.26 Å². The van der Waals surface area contributed by atoms with E-state index in [4.69, 9.17) is 11.0 Å². The number of anilines is 2. The number of nitrogens with two attached hydrogens (primary N) is 1. The van der Waals surface area contributed by atoms with Crippen LogP contribution in [-0.4, -0.2) is 21.2 Å². The van der Waals surface area contributed by atoms with Gasteiger partial charge < -0.3 is 11.1 Å². The predicted molar refractivity (Wildman–Crippen MR) is 73.5 cm³/mol. The van der Waals surface area contributed by atoms with Gasteiger partial charge in [0, 0.05) is 18.7 Å². The number of rotatable bonds is 4. The molecule has 0 radical (unpaired) electrons. The number of hydrogen-bond acceptors (Lipinski definition) is 6. The van der Waals surface area contributed by atoms with Crippen molar-refractivity contribution < 1.29 is 4.92 Å². The van der Waals surface area contributed by atoms with E-state index in [1.807, 2.05) is 13.0 Å². The van der Waals surface area contributed by atoms with Gasteiger partial charge in [-0.15, -0.1) is 5.10 Å². The van der Waals surface area contributed by atoms with Crippen molar-refractivity contribution in [2.24, 2.45) is 0 Å². The third-order valence-corrected chi connectivity index (χ3v) is 2.66. The van der Waals surface area contributed by atoms with Gasteiger partial charge in [0.2, 0.25) is 0 Å². The van der Waals surface area contributed by atoms with Gasteiger partial charge in [0.1, 0.15) is 17.5 Å². The van der Waals surface area contributed by atoms with Crippen LogP contribution in [-0.2, 0) is 0 Å². The Balaban J connectivity index is 2.56. The Hall–Kier alpha value is -3.08. The third-order valence-electron chi connectivity index (χ3n) is 2.66. The number of nitrogens with one attached hydrogen (secondary N) is 1. The summed E-state index contributed by atoms with van der Waals surface area (Å²) in [4.78, 5) is 10.3. The smallest absolute Gasteiger partial charge is 0.271 e. The van der Waals surface area contributed by atoms with Crippen molar-refractivity contribution in [1.29, 1.82) is 5.26 Å². The van der Waals surface area contributed by atoms with Gasteiger partial charge in [-0.05, 0) is 13.0 Å². The molecule has 8 heteroatoms. The summed E-state index contributed by atoms with van der Waals surface area (Å²) in [6.07, 6.45) is 0. The standard InChI is InChI=1S/C12H12N6O2/c1-2-15-12-10(7-13)11(14)17(16-12)8-4-3-5-9(6-8)18(19)20/h3-6H,2,14H2,1H3,(H,15,16). The van der Waals surface area contributed by atoms with Gasteiger partial charge in [0.05, 0.1) is 10.6 Å². The first kappa shape index (κ1) is 13.4. The molecule has 1 heterocycles. The maximum atomic E-state index is 10.8. The Kier molecular flexibility index (Phi) is 3.52. The van der Waals surface area contributed by atoms with Crippen LogP contribution in [0.5, 0.6) is 0 Å². The zero-order chi connectivity index (χ0) is 14.7. The second-order valence-electron chi connectivity index (χ2n) is 3.94. The van der Waals surface area contributed by atoms with Crippen molar-refractivity contribution in [3.63, 3.8) is 0 Å². The predicted octanol–water partition coefficient (Wildman–Crippen LogP) is 1.67. The molecule has 0 bridgehead atoms. The Morgan fingerprint density at radius 3 is 2.95 bits per heavy atom. The molecule has 2 aromatic rings. The molecule has 0 aliphatic heterocycles. The molecule has 20 heavy (non-hydrogen) atoms. The highest BCUT2D eigenvalue weighted by Crippen LogP contribution is 2.25. The number of nitrogen functional groups attached to an aromatic ring is 1. The first-order valence-electron chi connectivity index (χ1n) is 5.85. The average Bonchev–Trinajstić information content (AvgIpc) is 2.75. The molecular formula is C12H12N6O2. The molecule has 1 aromatic carbocycles. The Morgan fingerprint density at radius 1 is 1.60 bits per heavy atom. The molecule has 2 rings (SSSR count). The number of nitro groups is 1. The second-order valence-corrected chi connectivity index (χ2v) is 3.94. The van der Waals surface area contributed by atoms with E-state index in [2.05, 4.69) is 10.4 Å². The number of benzene rings is 1. The highest BCUT2D eigenvalue weighted by atomic mass is 16.6. The molecule has 8 nitrogen and oxygen atoms in total. The number of aromatic nitrogens is 2. The highest BCUT2D eigenvalue weighted by molar-refractivity contribution is 5.66. The molecule has 0 atom stereocenters. The van der Waals surface area contributed by atoms with Crippen molar-refractivity contribution in [2.75, 3.05) is 17.6 Å². The molecule has 0 amide bonds. The van der Waals surface area contributed by atoms with Gasteiger partial charge in [0.25, 0.3) is 5.69 Å². The highest BCUT2D eigenvalue weighted by Gasteiger charge is 2.17. The van der Waals surface area contributed by atoms with Crippen LogP contribution >= 0.6 is 0 Å². The van der Waals surface area contributed by atoms with E-state index in [1.165, 1.54) is 22.9 Å². The van der Waals surface area contributed by atoms with Crippen LogP contribution in [0.2, 0.25) is 0 Å². The summed E-state index contributed by atoms with van der Waals surface area (Å²) in [5.74, 6) is 0.503. The summed E-state index contributed by atoms with van der Waals surface area (Å²) in [6.45, 7) is 2.45. The molecule has 0 aliphatic rings. The maximum absolute atomic E-state index is 10.8. The fourth-order valence-corrected chi connectivity index (χ4v) is 1.77. The van der Waals surface area contributed by atoms with E-state index in [0.717, 1.165) is 0 Å². The van der Waals surface area contributed by atoms with Gasteiger partial charge in [0.15, 0.2) is 5.82 Å². The van der Waals surface area contributed by atoms with Crippen molar-refractivity contribution in [2.45, 2.75) is 6.92 Å². The minimum Gasteiger partial charge on any atom is -0.382 e. The van der Waals surface area contributed by atoms with Crippen molar-refractivity contribution in [3.05, 3.63) is 39.9 Å². The Bertz CT molecular complexity index is 700. The Morgan fingerprint density at radius 2 is 2.35 bits per heavy atom. The molecule has 0 fully saturated rings. The van der Waals surface area contributed by atoms with Crippen molar-refractivity contribution in [3.8, 4) is 11.8 Å². The monoisotopic (exact) mass is 272 g/mol. The fourth-order valence-electron chi connectivity index (χ4n) is 1.77. The van der Waals surface area contributed by atoms with Crippen LogP contribution < -0.4 is 11.1 Å². The van der Waals surface area contributed by atoms with Crippen LogP contribution in [0.25, 0.3) is 5.69 Å². The number of hydrogen-bond donors (Lipinski definition) is 2. The first-order valence-corrected chi connectivity index (χ1v) is 5.85. The van der Waals surface area contributed by atoms with Crippen molar-refractivity contribution >= 4 is 17.3 Å². The van der Waals surface area contributed by atoms with Crippen LogP contribution in [0, 0.1) is 21.4 Å². The number of non-ortho nitro benzene ring substituents is 1. The largest absolute Gasteiger partial charge is 0.382 e. The fraction of sp³-hybridized carbons (Fsp3) is 0.167. The second kappa shape index (κ2) is 5.27.